The molecule has 11 atom stereocenters. The van der Waals surface area contributed by atoms with Gasteiger partial charge in [0.25, 0.3) is 0 Å². The second kappa shape index (κ2) is 8.06. The van der Waals surface area contributed by atoms with Crippen LogP contribution < -0.4 is 0 Å². The number of rotatable bonds is 5. The molecule has 0 aromatic carbocycles. The van der Waals surface area contributed by atoms with Gasteiger partial charge in [0.1, 0.15) is 0 Å². The molecule has 4 aliphatic carbocycles. The highest BCUT2D eigenvalue weighted by Gasteiger charge is 2.64. The molecule has 0 saturated heterocycles. The number of aliphatic hydroxyl groups is 2. The van der Waals surface area contributed by atoms with E-state index in [1.165, 1.54) is 0 Å². The summed E-state index contributed by atoms with van der Waals surface area (Å²) in [7, 11) is 0. The summed E-state index contributed by atoms with van der Waals surface area (Å²) >= 11 is 0. The van der Waals surface area contributed by atoms with Crippen molar-refractivity contribution < 1.29 is 27.0 Å². The quantitative estimate of drug-likeness (QED) is 0.572. The van der Waals surface area contributed by atoms with Crippen LogP contribution in [0.15, 0.2) is 0 Å². The minimum atomic E-state index is -2.86. The highest BCUT2D eigenvalue weighted by molar-refractivity contribution is 5.66. The van der Waals surface area contributed by atoms with E-state index in [0.717, 1.165) is 32.1 Å². The topological polar surface area (TPSA) is 77.8 Å². The van der Waals surface area contributed by atoms with Gasteiger partial charge in [0, 0.05) is 13.3 Å². The molecule has 0 radical (unpaired) electrons. The average molecular weight is 426 g/mol. The van der Waals surface area contributed by atoms with Gasteiger partial charge in [0.2, 0.25) is 0 Å². The molecule has 0 aliphatic heterocycles. The van der Waals surface area contributed by atoms with Crippen molar-refractivity contribution in [2.24, 2.45) is 52.3 Å². The van der Waals surface area contributed by atoms with E-state index in [-0.39, 0.29) is 46.8 Å². The summed E-state index contributed by atoms with van der Waals surface area (Å²) < 4.78 is 41.5. The summed E-state index contributed by atoms with van der Waals surface area (Å²) in [5.41, 5.74) is -0.393. The Balaban J connectivity index is 1.72. The maximum absolute atomic E-state index is 11.9. The van der Waals surface area contributed by atoms with E-state index in [1.54, 1.807) is 0 Å². The number of carboxylic acid groups (broad SMARTS) is 1. The number of aliphatic carboxylic acids is 1. The van der Waals surface area contributed by atoms with Crippen LogP contribution in [0.4, 0.5) is 0 Å². The molecular formula is C26H44O4. The van der Waals surface area contributed by atoms with E-state index in [1.807, 2.05) is 0 Å². The number of hydrogen-bond acceptors (Lipinski definition) is 3. The van der Waals surface area contributed by atoms with E-state index < -0.39 is 37.3 Å². The molecule has 4 aliphatic rings. The Kier molecular flexibility index (Phi) is 4.56. The van der Waals surface area contributed by atoms with Crippen LogP contribution in [-0.2, 0) is 4.79 Å². The summed E-state index contributed by atoms with van der Waals surface area (Å²) in [6, 6.07) is 0. The molecule has 30 heavy (non-hydrogen) atoms. The number of fused-ring (bicyclic) bond motifs is 5. The molecular weight excluding hydrogens is 376 g/mol. The second-order valence-electron chi connectivity index (χ2n) is 11.6. The van der Waals surface area contributed by atoms with Crippen molar-refractivity contribution in [1.82, 2.24) is 0 Å². The van der Waals surface area contributed by atoms with Gasteiger partial charge in [-0.25, -0.2) is 0 Å². The van der Waals surface area contributed by atoms with Crippen molar-refractivity contribution in [2.45, 2.75) is 104 Å². The van der Waals surface area contributed by atoms with E-state index in [9.17, 15) is 20.1 Å². The van der Waals surface area contributed by atoms with Crippen LogP contribution in [0.25, 0.3) is 0 Å². The minimum Gasteiger partial charge on any atom is -0.481 e. The lowest BCUT2D eigenvalue weighted by atomic mass is 9.41. The number of carboxylic acids is 1. The predicted octanol–water partition coefficient (Wildman–Crippen LogP) is 5.11. The molecule has 0 amide bonds. The summed E-state index contributed by atoms with van der Waals surface area (Å²) in [5.74, 6) is -1.47. The zero-order chi connectivity index (χ0) is 26.1. The van der Waals surface area contributed by atoms with Crippen LogP contribution in [0.2, 0.25) is 0 Å². The molecule has 4 saturated carbocycles. The van der Waals surface area contributed by atoms with Gasteiger partial charge in [0.15, 0.2) is 0 Å². The van der Waals surface area contributed by atoms with Crippen LogP contribution in [-0.4, -0.2) is 33.5 Å². The SMILES string of the molecule is [2H]C([2H])([2H])C([2H])([2H])[C@H]1[C@@H](O)[C@@H]2[C@H](CC[C@]3(C)[C@@H](C(C)CCC(=O)O)CC[C@@H]23)[C@@]2(C)CC[C@@H](O)C[C@@H]12. The first kappa shape index (κ1) is 16.9. The Hall–Kier alpha value is -0.610. The normalized spacial score (nSPS) is 54.9. The smallest absolute Gasteiger partial charge is 0.303 e. The van der Waals surface area contributed by atoms with Gasteiger partial charge >= 0.3 is 5.97 Å². The van der Waals surface area contributed by atoms with Crippen molar-refractivity contribution in [1.29, 1.82) is 0 Å². The van der Waals surface area contributed by atoms with Gasteiger partial charge in [-0.15, -0.1) is 0 Å². The molecule has 0 aromatic heterocycles. The highest BCUT2D eigenvalue weighted by atomic mass is 16.4. The molecule has 4 fully saturated rings. The molecule has 0 bridgehead atoms. The van der Waals surface area contributed by atoms with Gasteiger partial charge in [-0.2, -0.15) is 0 Å². The first-order valence-electron chi connectivity index (χ1n) is 14.6. The van der Waals surface area contributed by atoms with Gasteiger partial charge in [-0.3, -0.25) is 4.79 Å². The van der Waals surface area contributed by atoms with E-state index in [2.05, 4.69) is 20.8 Å². The summed E-state index contributed by atoms with van der Waals surface area (Å²) in [6.07, 6.45) is 2.03. The van der Waals surface area contributed by atoms with Crippen molar-refractivity contribution in [2.75, 3.05) is 0 Å². The van der Waals surface area contributed by atoms with Gasteiger partial charge in [-0.05, 0) is 104 Å². The Morgan fingerprint density at radius 1 is 1.10 bits per heavy atom. The Labute approximate surface area is 189 Å². The maximum atomic E-state index is 11.9. The lowest BCUT2D eigenvalue weighted by Crippen LogP contribution is -2.62. The van der Waals surface area contributed by atoms with Crippen molar-refractivity contribution in [3.05, 3.63) is 0 Å². The van der Waals surface area contributed by atoms with Gasteiger partial charge < -0.3 is 15.3 Å². The molecule has 3 N–H and O–H groups in total. The molecule has 4 rings (SSSR count). The van der Waals surface area contributed by atoms with Crippen molar-refractivity contribution in [3.8, 4) is 0 Å². The maximum Gasteiger partial charge on any atom is 0.303 e. The summed E-state index contributed by atoms with van der Waals surface area (Å²) in [4.78, 5) is 11.2. The van der Waals surface area contributed by atoms with Crippen LogP contribution in [0.5, 0.6) is 0 Å². The highest BCUT2D eigenvalue weighted by Crippen LogP contribution is 2.69. The Morgan fingerprint density at radius 3 is 2.50 bits per heavy atom. The third-order valence-corrected chi connectivity index (χ3v) is 10.5. The fraction of sp³-hybridized carbons (Fsp3) is 0.962. The molecule has 172 valence electrons. The number of hydrogen-bond donors (Lipinski definition) is 3. The van der Waals surface area contributed by atoms with Crippen molar-refractivity contribution in [3.63, 3.8) is 0 Å². The molecule has 0 aromatic rings. The van der Waals surface area contributed by atoms with Crippen LogP contribution >= 0.6 is 0 Å². The van der Waals surface area contributed by atoms with Crippen molar-refractivity contribution >= 4 is 5.97 Å². The Morgan fingerprint density at radius 2 is 1.80 bits per heavy atom. The first-order valence-corrected chi connectivity index (χ1v) is 12.1. The van der Waals surface area contributed by atoms with Gasteiger partial charge in [-0.1, -0.05) is 34.0 Å². The van der Waals surface area contributed by atoms with E-state index >= 15 is 0 Å². The van der Waals surface area contributed by atoms with E-state index in [0.29, 0.717) is 25.2 Å². The third-order valence-electron chi connectivity index (χ3n) is 10.5. The standard InChI is InChI=1S/C26H44O4/c1-5-17-21-14-16(27)10-12-26(21,4)20-11-13-25(3)18(15(2)6-9-22(28)29)7-8-19(25)23(20)24(17)30/h15-21,23-24,27,30H,5-14H2,1-4H3,(H,28,29)/t15?,16-,17-,18-,19+,20+,21+,23+,24-,25-,26-/m1/s1/i1D3,5D2. The summed E-state index contributed by atoms with van der Waals surface area (Å²) in [6.45, 7) is 3.72. The zero-order valence-corrected chi connectivity index (χ0v) is 18.8. The second-order valence-corrected chi connectivity index (χ2v) is 11.6. The fourth-order valence-electron chi connectivity index (χ4n) is 8.99. The molecule has 0 spiro atoms. The largest absolute Gasteiger partial charge is 0.481 e. The van der Waals surface area contributed by atoms with Crippen LogP contribution in [0.3, 0.4) is 0 Å². The number of aliphatic hydroxyl groups excluding tert-OH is 2. The Bertz CT molecular complexity index is 818. The average Bonchev–Trinajstić information content (AvgIpc) is 3.09. The predicted molar refractivity (Wildman–Crippen MR) is 118 cm³/mol. The number of carbonyl (C=O) groups is 1. The van der Waals surface area contributed by atoms with E-state index in [4.69, 9.17) is 6.85 Å². The van der Waals surface area contributed by atoms with Gasteiger partial charge in [0.05, 0.1) is 12.2 Å². The molecule has 4 nitrogen and oxygen atoms in total. The molecule has 0 heterocycles. The lowest BCUT2D eigenvalue weighted by Gasteiger charge is -2.64. The van der Waals surface area contributed by atoms with Crippen LogP contribution in [0, 0.1) is 52.3 Å². The lowest BCUT2D eigenvalue weighted by molar-refractivity contribution is -0.203. The first-order chi connectivity index (χ1) is 16.1. The monoisotopic (exact) mass is 425 g/mol. The minimum absolute atomic E-state index is 0.0747. The third kappa shape index (κ3) is 3.36. The zero-order valence-electron chi connectivity index (χ0n) is 23.8. The van der Waals surface area contributed by atoms with Crippen LogP contribution in [0.1, 0.15) is 98.6 Å². The fourth-order valence-corrected chi connectivity index (χ4v) is 8.99. The molecule has 4 heteroatoms. The summed E-state index contributed by atoms with van der Waals surface area (Å²) in [5, 5.41) is 31.6. The molecule has 1 unspecified atom stereocenters.